The van der Waals surface area contributed by atoms with Crippen LogP contribution >= 0.6 is 22.9 Å². The van der Waals surface area contributed by atoms with E-state index < -0.39 is 0 Å². The van der Waals surface area contributed by atoms with Crippen LogP contribution in [0.5, 0.6) is 0 Å². The van der Waals surface area contributed by atoms with E-state index in [4.69, 9.17) is 21.3 Å². The third-order valence-electron chi connectivity index (χ3n) is 4.76. The number of aromatic nitrogens is 1. The molecule has 1 saturated heterocycles. The van der Waals surface area contributed by atoms with Gasteiger partial charge in [0.15, 0.2) is 5.13 Å². The van der Waals surface area contributed by atoms with Gasteiger partial charge in [0.05, 0.1) is 22.9 Å². The SMILES string of the molecule is COC(=O)c1ccc(CN2CCN(c3nc4ccc(Cl)cc4s3)CC2)cc1. The number of hydrogen-bond acceptors (Lipinski definition) is 6. The van der Waals surface area contributed by atoms with E-state index in [9.17, 15) is 4.79 Å². The summed E-state index contributed by atoms with van der Waals surface area (Å²) in [5, 5.41) is 1.81. The number of methoxy groups -OCH3 is 1. The lowest BCUT2D eigenvalue weighted by atomic mass is 10.1. The molecule has 1 aliphatic rings. The minimum absolute atomic E-state index is 0.299. The van der Waals surface area contributed by atoms with Crippen LogP contribution < -0.4 is 4.90 Å². The summed E-state index contributed by atoms with van der Waals surface area (Å²) in [6.45, 7) is 4.75. The van der Waals surface area contributed by atoms with Crippen molar-refractivity contribution in [2.45, 2.75) is 6.54 Å². The van der Waals surface area contributed by atoms with Crippen molar-refractivity contribution in [2.24, 2.45) is 0 Å². The number of ether oxygens (including phenoxy) is 1. The van der Waals surface area contributed by atoms with Crippen LogP contribution in [0.1, 0.15) is 15.9 Å². The van der Waals surface area contributed by atoms with E-state index in [-0.39, 0.29) is 5.97 Å². The molecule has 0 radical (unpaired) electrons. The second-order valence-electron chi connectivity index (χ2n) is 6.56. The van der Waals surface area contributed by atoms with Crippen molar-refractivity contribution < 1.29 is 9.53 Å². The number of hydrogen-bond donors (Lipinski definition) is 0. The van der Waals surface area contributed by atoms with E-state index in [2.05, 4.69) is 9.80 Å². The second kappa shape index (κ2) is 7.84. The summed E-state index contributed by atoms with van der Waals surface area (Å²) in [5.41, 5.74) is 2.79. The maximum absolute atomic E-state index is 11.5. The highest BCUT2D eigenvalue weighted by atomic mass is 35.5. The molecule has 5 nitrogen and oxygen atoms in total. The van der Waals surface area contributed by atoms with E-state index in [0.29, 0.717) is 5.56 Å². The van der Waals surface area contributed by atoms with Crippen LogP contribution in [0.25, 0.3) is 10.2 Å². The number of halogens is 1. The van der Waals surface area contributed by atoms with Crippen LogP contribution in [0.3, 0.4) is 0 Å². The summed E-state index contributed by atoms with van der Waals surface area (Å²) >= 11 is 7.78. The maximum atomic E-state index is 11.5. The third kappa shape index (κ3) is 4.08. The molecule has 0 bridgehead atoms. The van der Waals surface area contributed by atoms with Crippen molar-refractivity contribution in [3.8, 4) is 0 Å². The number of piperazine rings is 1. The number of anilines is 1. The van der Waals surface area contributed by atoms with Gasteiger partial charge in [0.1, 0.15) is 0 Å². The molecule has 0 aliphatic carbocycles. The highest BCUT2D eigenvalue weighted by Crippen LogP contribution is 2.31. The Kier molecular flexibility index (Phi) is 5.29. The minimum Gasteiger partial charge on any atom is -0.465 e. The first kappa shape index (κ1) is 18.2. The highest BCUT2D eigenvalue weighted by molar-refractivity contribution is 7.22. The summed E-state index contributed by atoms with van der Waals surface area (Å²) in [6.07, 6.45) is 0. The van der Waals surface area contributed by atoms with Gasteiger partial charge >= 0.3 is 5.97 Å². The van der Waals surface area contributed by atoms with Gasteiger partial charge in [0.25, 0.3) is 0 Å². The van der Waals surface area contributed by atoms with Gasteiger partial charge in [-0.05, 0) is 35.9 Å². The predicted octanol–water partition coefficient (Wildman–Crippen LogP) is 4.06. The van der Waals surface area contributed by atoms with Crippen LogP contribution in [0.2, 0.25) is 5.02 Å². The molecule has 4 rings (SSSR count). The van der Waals surface area contributed by atoms with Crippen molar-refractivity contribution in [1.29, 1.82) is 0 Å². The first-order chi connectivity index (χ1) is 13.1. The first-order valence-electron chi connectivity index (χ1n) is 8.83. The Morgan fingerprint density at radius 2 is 1.89 bits per heavy atom. The average molecular weight is 402 g/mol. The number of thiazole rings is 1. The summed E-state index contributed by atoms with van der Waals surface area (Å²) in [6, 6.07) is 13.5. The van der Waals surface area contributed by atoms with Crippen molar-refractivity contribution in [3.05, 3.63) is 58.6 Å². The number of rotatable bonds is 4. The lowest BCUT2D eigenvalue weighted by molar-refractivity contribution is 0.0600. The van der Waals surface area contributed by atoms with Crippen molar-refractivity contribution in [2.75, 3.05) is 38.2 Å². The number of fused-ring (bicyclic) bond motifs is 1. The average Bonchev–Trinajstić information content (AvgIpc) is 3.11. The normalized spacial score (nSPS) is 15.3. The lowest BCUT2D eigenvalue weighted by Crippen LogP contribution is -2.45. The molecule has 0 unspecified atom stereocenters. The molecule has 0 spiro atoms. The standard InChI is InChI=1S/C20H20ClN3O2S/c1-26-19(25)15-4-2-14(3-5-15)13-23-8-10-24(11-9-23)20-22-17-7-6-16(21)12-18(17)27-20/h2-7,12H,8-11,13H2,1H3. The fraction of sp³-hybridized carbons (Fsp3) is 0.300. The number of carbonyl (C=O) groups excluding carboxylic acids is 1. The molecule has 1 aromatic heterocycles. The van der Waals surface area contributed by atoms with E-state index in [1.54, 1.807) is 11.3 Å². The van der Waals surface area contributed by atoms with E-state index in [0.717, 1.165) is 53.1 Å². The zero-order valence-corrected chi connectivity index (χ0v) is 16.6. The molecule has 0 saturated carbocycles. The summed E-state index contributed by atoms with van der Waals surface area (Å²) < 4.78 is 5.87. The highest BCUT2D eigenvalue weighted by Gasteiger charge is 2.20. The fourth-order valence-corrected chi connectivity index (χ4v) is 4.53. The summed E-state index contributed by atoms with van der Waals surface area (Å²) in [4.78, 5) is 21.0. The molecular weight excluding hydrogens is 382 g/mol. The van der Waals surface area contributed by atoms with Crippen LogP contribution in [0.15, 0.2) is 42.5 Å². The van der Waals surface area contributed by atoms with Gasteiger partial charge in [-0.25, -0.2) is 9.78 Å². The Labute approximate surface area is 167 Å². The molecule has 0 N–H and O–H groups in total. The summed E-state index contributed by atoms with van der Waals surface area (Å²) in [7, 11) is 1.40. The van der Waals surface area contributed by atoms with E-state index in [1.807, 2.05) is 42.5 Å². The Morgan fingerprint density at radius 1 is 1.15 bits per heavy atom. The molecule has 3 aromatic rings. The van der Waals surface area contributed by atoms with Gasteiger partial charge in [-0.1, -0.05) is 35.1 Å². The molecule has 2 aromatic carbocycles. The molecule has 140 valence electrons. The molecule has 1 aliphatic heterocycles. The van der Waals surface area contributed by atoms with Crippen LogP contribution in [0.4, 0.5) is 5.13 Å². The Bertz CT molecular complexity index is 950. The van der Waals surface area contributed by atoms with Crippen molar-refractivity contribution in [3.63, 3.8) is 0 Å². The molecule has 7 heteroatoms. The van der Waals surface area contributed by atoms with Crippen LogP contribution in [-0.2, 0) is 11.3 Å². The van der Waals surface area contributed by atoms with Crippen LogP contribution in [0, 0.1) is 0 Å². The Morgan fingerprint density at radius 3 is 2.59 bits per heavy atom. The number of esters is 1. The minimum atomic E-state index is -0.299. The van der Waals surface area contributed by atoms with Gasteiger partial charge < -0.3 is 9.64 Å². The molecule has 0 amide bonds. The molecule has 2 heterocycles. The fourth-order valence-electron chi connectivity index (χ4n) is 3.24. The summed E-state index contributed by atoms with van der Waals surface area (Å²) in [5.74, 6) is -0.299. The van der Waals surface area contributed by atoms with E-state index >= 15 is 0 Å². The molecule has 1 fully saturated rings. The zero-order chi connectivity index (χ0) is 18.8. The molecular formula is C20H20ClN3O2S. The number of nitrogens with zero attached hydrogens (tertiary/aromatic N) is 3. The van der Waals surface area contributed by atoms with Crippen molar-refractivity contribution >= 4 is 44.3 Å². The quantitative estimate of drug-likeness (QED) is 0.617. The molecule has 0 atom stereocenters. The smallest absolute Gasteiger partial charge is 0.337 e. The number of carbonyl (C=O) groups is 1. The largest absolute Gasteiger partial charge is 0.465 e. The zero-order valence-electron chi connectivity index (χ0n) is 15.0. The van der Waals surface area contributed by atoms with Gasteiger partial charge in [-0.15, -0.1) is 0 Å². The monoisotopic (exact) mass is 401 g/mol. The van der Waals surface area contributed by atoms with Gasteiger partial charge in [-0.3, -0.25) is 4.90 Å². The van der Waals surface area contributed by atoms with Crippen molar-refractivity contribution in [1.82, 2.24) is 9.88 Å². The molecule has 27 heavy (non-hydrogen) atoms. The second-order valence-corrected chi connectivity index (χ2v) is 8.01. The predicted molar refractivity (Wildman–Crippen MR) is 110 cm³/mol. The van der Waals surface area contributed by atoms with Gasteiger partial charge in [0, 0.05) is 37.7 Å². The topological polar surface area (TPSA) is 45.7 Å². The first-order valence-corrected chi connectivity index (χ1v) is 10.0. The lowest BCUT2D eigenvalue weighted by Gasteiger charge is -2.34. The Balaban J connectivity index is 1.36. The Hall–Kier alpha value is -2.15. The van der Waals surface area contributed by atoms with Gasteiger partial charge in [0.2, 0.25) is 0 Å². The number of benzene rings is 2. The van der Waals surface area contributed by atoms with Crippen LogP contribution in [-0.4, -0.2) is 49.1 Å². The maximum Gasteiger partial charge on any atom is 0.337 e. The van der Waals surface area contributed by atoms with E-state index in [1.165, 1.54) is 12.7 Å². The van der Waals surface area contributed by atoms with Gasteiger partial charge in [-0.2, -0.15) is 0 Å². The third-order valence-corrected chi connectivity index (χ3v) is 6.08.